The number of carbonyl (C=O) groups excluding carboxylic acids is 1. The normalized spacial score (nSPS) is 11.3. The van der Waals surface area contributed by atoms with Crippen molar-refractivity contribution in [1.82, 2.24) is 4.90 Å². The summed E-state index contributed by atoms with van der Waals surface area (Å²) in [5.41, 5.74) is 2.34. The molecule has 0 spiro atoms. The van der Waals surface area contributed by atoms with Crippen molar-refractivity contribution in [3.8, 4) is 0 Å². The number of nitrogens with zero attached hydrogens (tertiary/aromatic N) is 1. The molecule has 1 aromatic carbocycles. The zero-order chi connectivity index (χ0) is 14.6. The molecule has 0 fully saturated rings. The van der Waals surface area contributed by atoms with E-state index in [1.54, 1.807) is 20.9 Å². The van der Waals surface area contributed by atoms with E-state index in [2.05, 4.69) is 19.2 Å². The highest BCUT2D eigenvalue weighted by Gasteiger charge is 2.19. The second-order valence-corrected chi connectivity index (χ2v) is 5.59. The molecule has 0 radical (unpaired) electrons. The summed E-state index contributed by atoms with van der Waals surface area (Å²) in [7, 11) is 1.67. The Hall–Kier alpha value is -1.55. The predicted octanol–water partition coefficient (Wildman–Crippen LogP) is 2.79. The van der Waals surface area contributed by atoms with Crippen LogP contribution in [0.3, 0.4) is 0 Å². The first kappa shape index (κ1) is 15.5. The minimum Gasteiger partial charge on any atom is -0.389 e. The van der Waals surface area contributed by atoms with Gasteiger partial charge in [-0.1, -0.05) is 13.0 Å². The maximum atomic E-state index is 12.0. The predicted molar refractivity (Wildman–Crippen MR) is 78.5 cm³/mol. The molecular weight excluding hydrogens is 240 g/mol. The van der Waals surface area contributed by atoms with Crippen LogP contribution in [0.25, 0.3) is 0 Å². The molecule has 0 bridgehead atoms. The summed E-state index contributed by atoms with van der Waals surface area (Å²) in [6.07, 6.45) is 0.940. The molecular formula is C15H24N2O2. The van der Waals surface area contributed by atoms with Gasteiger partial charge < -0.3 is 15.3 Å². The molecule has 0 saturated heterocycles. The lowest BCUT2D eigenvalue weighted by Gasteiger charge is -2.25. The highest BCUT2D eigenvalue weighted by atomic mass is 16.3. The summed E-state index contributed by atoms with van der Waals surface area (Å²) in [4.78, 5) is 13.5. The molecule has 0 aliphatic carbocycles. The van der Waals surface area contributed by atoms with Crippen molar-refractivity contribution in [2.75, 3.05) is 18.9 Å². The number of likely N-dealkylation sites (N-methyl/N-ethyl adjacent to an activating group) is 1. The number of carbonyl (C=O) groups is 1. The highest BCUT2D eigenvalue weighted by molar-refractivity contribution is 5.89. The Kier molecular flexibility index (Phi) is 4.95. The number of urea groups is 1. The maximum Gasteiger partial charge on any atom is 0.321 e. The third kappa shape index (κ3) is 4.91. The number of rotatable bonds is 4. The summed E-state index contributed by atoms with van der Waals surface area (Å²) in [5, 5.41) is 12.5. The minimum absolute atomic E-state index is 0.215. The molecule has 4 nitrogen and oxygen atoms in total. The molecule has 0 aliphatic heterocycles. The Morgan fingerprint density at radius 2 is 2.05 bits per heavy atom. The zero-order valence-electron chi connectivity index (χ0n) is 12.4. The van der Waals surface area contributed by atoms with Gasteiger partial charge in [0.15, 0.2) is 0 Å². The number of benzene rings is 1. The van der Waals surface area contributed by atoms with Gasteiger partial charge in [-0.25, -0.2) is 4.79 Å². The van der Waals surface area contributed by atoms with E-state index in [0.29, 0.717) is 0 Å². The van der Waals surface area contributed by atoms with Crippen LogP contribution in [0, 0.1) is 6.92 Å². The lowest BCUT2D eigenvalue weighted by Crippen LogP contribution is -2.41. The quantitative estimate of drug-likeness (QED) is 0.878. The third-order valence-electron chi connectivity index (χ3n) is 2.95. The SMILES string of the molecule is CCc1cc(NC(=O)N(C)CC(C)(C)O)ccc1C. The zero-order valence-corrected chi connectivity index (χ0v) is 12.4. The highest BCUT2D eigenvalue weighted by Crippen LogP contribution is 2.16. The Bertz CT molecular complexity index is 450. The molecule has 2 amide bonds. The molecule has 1 aromatic rings. The minimum atomic E-state index is -0.895. The lowest BCUT2D eigenvalue weighted by molar-refractivity contribution is 0.0550. The van der Waals surface area contributed by atoms with Gasteiger partial charge in [-0.2, -0.15) is 0 Å². The van der Waals surface area contributed by atoms with E-state index in [1.807, 2.05) is 18.2 Å². The number of aryl methyl sites for hydroxylation is 2. The largest absolute Gasteiger partial charge is 0.389 e. The molecule has 0 heterocycles. The van der Waals surface area contributed by atoms with Gasteiger partial charge in [0.25, 0.3) is 0 Å². The first-order valence-corrected chi connectivity index (χ1v) is 6.57. The fourth-order valence-electron chi connectivity index (χ4n) is 2.00. The van der Waals surface area contributed by atoms with E-state index in [-0.39, 0.29) is 12.6 Å². The summed E-state index contributed by atoms with van der Waals surface area (Å²) in [6.45, 7) is 7.79. The van der Waals surface area contributed by atoms with E-state index < -0.39 is 5.60 Å². The van der Waals surface area contributed by atoms with Gasteiger partial charge in [0.1, 0.15) is 0 Å². The van der Waals surface area contributed by atoms with Crippen LogP contribution in [0.15, 0.2) is 18.2 Å². The number of aliphatic hydroxyl groups is 1. The van der Waals surface area contributed by atoms with Crippen molar-refractivity contribution >= 4 is 11.7 Å². The van der Waals surface area contributed by atoms with Gasteiger partial charge in [0, 0.05) is 12.7 Å². The molecule has 0 aliphatic rings. The second-order valence-electron chi connectivity index (χ2n) is 5.59. The molecule has 1 rings (SSSR count). The molecule has 0 aromatic heterocycles. The lowest BCUT2D eigenvalue weighted by atomic mass is 10.1. The Balaban J connectivity index is 2.71. The van der Waals surface area contributed by atoms with Crippen molar-refractivity contribution in [3.05, 3.63) is 29.3 Å². The van der Waals surface area contributed by atoms with Gasteiger partial charge in [0.2, 0.25) is 0 Å². The van der Waals surface area contributed by atoms with Crippen LogP contribution in [0.1, 0.15) is 31.9 Å². The maximum absolute atomic E-state index is 12.0. The Morgan fingerprint density at radius 3 is 2.58 bits per heavy atom. The fourth-order valence-corrected chi connectivity index (χ4v) is 2.00. The van der Waals surface area contributed by atoms with Crippen molar-refractivity contribution in [1.29, 1.82) is 0 Å². The number of anilines is 1. The van der Waals surface area contributed by atoms with Crippen LogP contribution in [-0.4, -0.2) is 35.2 Å². The van der Waals surface area contributed by atoms with E-state index in [9.17, 15) is 9.90 Å². The molecule has 0 saturated carbocycles. The van der Waals surface area contributed by atoms with Crippen molar-refractivity contribution < 1.29 is 9.90 Å². The topological polar surface area (TPSA) is 52.6 Å². The summed E-state index contributed by atoms with van der Waals surface area (Å²) < 4.78 is 0. The van der Waals surface area contributed by atoms with Crippen molar-refractivity contribution in [3.63, 3.8) is 0 Å². The molecule has 106 valence electrons. The van der Waals surface area contributed by atoms with Crippen molar-refractivity contribution in [2.45, 2.75) is 39.7 Å². The van der Waals surface area contributed by atoms with Gasteiger partial charge >= 0.3 is 6.03 Å². The molecule has 0 unspecified atom stereocenters. The standard InChI is InChI=1S/C15H24N2O2/c1-6-12-9-13(8-7-11(12)2)16-14(18)17(5)10-15(3,4)19/h7-9,19H,6,10H2,1-5H3,(H,16,18). The van der Waals surface area contributed by atoms with Crippen LogP contribution in [0.5, 0.6) is 0 Å². The number of nitrogens with one attached hydrogen (secondary N) is 1. The van der Waals surface area contributed by atoms with E-state index >= 15 is 0 Å². The average molecular weight is 264 g/mol. The molecule has 19 heavy (non-hydrogen) atoms. The average Bonchev–Trinajstić information content (AvgIpc) is 2.29. The van der Waals surface area contributed by atoms with E-state index in [1.165, 1.54) is 16.0 Å². The van der Waals surface area contributed by atoms with Gasteiger partial charge in [-0.3, -0.25) is 0 Å². The summed E-state index contributed by atoms with van der Waals surface area (Å²) in [5.74, 6) is 0. The van der Waals surface area contributed by atoms with Gasteiger partial charge in [-0.15, -0.1) is 0 Å². The van der Waals surface area contributed by atoms with Crippen LogP contribution in [-0.2, 0) is 6.42 Å². The number of hydrogen-bond donors (Lipinski definition) is 2. The second kappa shape index (κ2) is 6.06. The third-order valence-corrected chi connectivity index (χ3v) is 2.95. The number of hydrogen-bond acceptors (Lipinski definition) is 2. The van der Waals surface area contributed by atoms with Crippen LogP contribution >= 0.6 is 0 Å². The monoisotopic (exact) mass is 264 g/mol. The van der Waals surface area contributed by atoms with E-state index in [0.717, 1.165) is 12.1 Å². The van der Waals surface area contributed by atoms with E-state index in [4.69, 9.17) is 0 Å². The Morgan fingerprint density at radius 1 is 1.42 bits per heavy atom. The fraction of sp³-hybridized carbons (Fsp3) is 0.533. The van der Waals surface area contributed by atoms with Crippen LogP contribution < -0.4 is 5.32 Å². The molecule has 4 heteroatoms. The van der Waals surface area contributed by atoms with Gasteiger partial charge in [-0.05, 0) is 50.5 Å². The summed E-state index contributed by atoms with van der Waals surface area (Å²) >= 11 is 0. The number of amides is 2. The smallest absolute Gasteiger partial charge is 0.321 e. The van der Waals surface area contributed by atoms with Crippen LogP contribution in [0.4, 0.5) is 10.5 Å². The van der Waals surface area contributed by atoms with Crippen LogP contribution in [0.2, 0.25) is 0 Å². The molecule has 2 N–H and O–H groups in total. The molecule has 0 atom stereocenters. The first-order chi connectivity index (χ1) is 8.73. The summed E-state index contributed by atoms with van der Waals surface area (Å²) in [6, 6.07) is 5.67. The first-order valence-electron chi connectivity index (χ1n) is 6.57. The van der Waals surface area contributed by atoms with Gasteiger partial charge in [0.05, 0.1) is 12.1 Å². The van der Waals surface area contributed by atoms with Crippen molar-refractivity contribution in [2.24, 2.45) is 0 Å². The Labute approximate surface area is 115 Å².